The molecule has 0 aromatic heterocycles. The van der Waals surface area contributed by atoms with Gasteiger partial charge in [0.2, 0.25) is 0 Å². The summed E-state index contributed by atoms with van der Waals surface area (Å²) in [6.45, 7) is 0.831. The van der Waals surface area contributed by atoms with Crippen LogP contribution in [0.25, 0.3) is 0 Å². The summed E-state index contributed by atoms with van der Waals surface area (Å²) in [5.74, 6) is -0.999. The summed E-state index contributed by atoms with van der Waals surface area (Å²) in [6, 6.07) is 6.04. The van der Waals surface area contributed by atoms with E-state index in [9.17, 15) is 9.18 Å². The Labute approximate surface area is 104 Å². The number of nitriles is 1. The van der Waals surface area contributed by atoms with E-state index in [2.05, 4.69) is 0 Å². The van der Waals surface area contributed by atoms with Gasteiger partial charge in [0.05, 0.1) is 30.5 Å². The molecule has 1 aromatic rings. The van der Waals surface area contributed by atoms with E-state index in [1.54, 1.807) is 0 Å². The van der Waals surface area contributed by atoms with Gasteiger partial charge in [-0.25, -0.2) is 4.39 Å². The molecular weight excluding hydrogens is 237 g/mol. The fourth-order valence-electron chi connectivity index (χ4n) is 1.81. The first-order valence-electron chi connectivity index (χ1n) is 5.48. The zero-order valence-electron chi connectivity index (χ0n) is 9.60. The van der Waals surface area contributed by atoms with Crippen molar-refractivity contribution in [2.75, 3.05) is 25.4 Å². The van der Waals surface area contributed by atoms with Crippen molar-refractivity contribution in [2.24, 2.45) is 0 Å². The maximum Gasteiger partial charge on any atom is 0.256 e. The van der Waals surface area contributed by atoms with E-state index in [1.807, 2.05) is 6.07 Å². The molecule has 0 saturated carbocycles. The molecule has 18 heavy (non-hydrogen) atoms. The third-order valence-corrected chi connectivity index (χ3v) is 2.78. The first kappa shape index (κ1) is 12.3. The lowest BCUT2D eigenvalue weighted by Gasteiger charge is -2.30. The molecule has 2 rings (SSSR count). The molecule has 0 bridgehead atoms. The Bertz CT molecular complexity index is 513. The van der Waals surface area contributed by atoms with Crippen molar-refractivity contribution in [3.8, 4) is 6.07 Å². The van der Waals surface area contributed by atoms with E-state index < -0.39 is 11.9 Å². The second-order valence-corrected chi connectivity index (χ2v) is 3.94. The number of ether oxygens (including phenoxy) is 1. The average Bonchev–Trinajstić information content (AvgIpc) is 2.41. The second-order valence-electron chi connectivity index (χ2n) is 3.94. The summed E-state index contributed by atoms with van der Waals surface area (Å²) in [6.07, 6.45) is -0.641. The number of hydrogen-bond acceptors (Lipinski definition) is 4. The molecule has 1 saturated heterocycles. The fourth-order valence-corrected chi connectivity index (χ4v) is 1.81. The highest BCUT2D eigenvalue weighted by Gasteiger charge is 2.26. The van der Waals surface area contributed by atoms with E-state index in [-0.39, 0.29) is 23.7 Å². The van der Waals surface area contributed by atoms with E-state index in [0.29, 0.717) is 13.2 Å². The zero-order chi connectivity index (χ0) is 13.1. The number of para-hydroxylation sites is 1. The summed E-state index contributed by atoms with van der Waals surface area (Å²) < 4.78 is 18.4. The Balaban J connectivity index is 2.21. The first-order chi connectivity index (χ1) is 8.63. The van der Waals surface area contributed by atoms with Gasteiger partial charge in [0, 0.05) is 6.54 Å². The number of rotatable bonds is 1. The van der Waals surface area contributed by atoms with Crippen LogP contribution in [-0.4, -0.2) is 36.6 Å². The highest BCUT2D eigenvalue weighted by Crippen LogP contribution is 2.19. The number of nitrogens with two attached hydrogens (primary N) is 1. The Morgan fingerprint density at radius 1 is 1.61 bits per heavy atom. The molecular formula is C12H12FN3O2. The molecule has 1 amide bonds. The molecule has 1 unspecified atom stereocenters. The number of amides is 1. The smallest absolute Gasteiger partial charge is 0.256 e. The van der Waals surface area contributed by atoms with Gasteiger partial charge in [-0.15, -0.1) is 0 Å². The van der Waals surface area contributed by atoms with Crippen LogP contribution in [0, 0.1) is 17.1 Å². The number of anilines is 1. The molecule has 0 radical (unpaired) electrons. The predicted octanol–water partition coefficient (Wildman–Crippen LogP) is 0.772. The standard InChI is InChI=1S/C12H12FN3O2/c13-10-3-1-2-9(11(10)15)12(17)16-4-5-18-8(6-14)7-16/h1-3,8H,4-5,7,15H2. The highest BCUT2D eigenvalue weighted by atomic mass is 19.1. The fraction of sp³-hybridized carbons (Fsp3) is 0.333. The first-order valence-corrected chi connectivity index (χ1v) is 5.48. The average molecular weight is 249 g/mol. The van der Waals surface area contributed by atoms with Crippen LogP contribution < -0.4 is 5.73 Å². The number of hydrogen-bond donors (Lipinski definition) is 1. The van der Waals surface area contributed by atoms with Crippen molar-refractivity contribution >= 4 is 11.6 Å². The van der Waals surface area contributed by atoms with Crippen molar-refractivity contribution in [3.63, 3.8) is 0 Å². The molecule has 1 aliphatic heterocycles. The van der Waals surface area contributed by atoms with Gasteiger partial charge < -0.3 is 15.4 Å². The summed E-state index contributed by atoms with van der Waals surface area (Å²) >= 11 is 0. The normalized spacial score (nSPS) is 19.3. The topological polar surface area (TPSA) is 79.4 Å². The minimum atomic E-state index is -0.641. The lowest BCUT2D eigenvalue weighted by molar-refractivity contribution is 0.00350. The molecule has 1 heterocycles. The van der Waals surface area contributed by atoms with Crippen LogP contribution in [0.1, 0.15) is 10.4 Å². The molecule has 1 aromatic carbocycles. The zero-order valence-corrected chi connectivity index (χ0v) is 9.60. The lowest BCUT2D eigenvalue weighted by atomic mass is 10.1. The van der Waals surface area contributed by atoms with E-state index in [1.165, 1.54) is 23.1 Å². The number of carbonyl (C=O) groups is 1. The van der Waals surface area contributed by atoms with Gasteiger partial charge in [0.25, 0.3) is 5.91 Å². The summed E-state index contributed by atoms with van der Waals surface area (Å²) in [5, 5.41) is 8.76. The third kappa shape index (κ3) is 2.26. The molecule has 1 fully saturated rings. The molecule has 0 aliphatic carbocycles. The molecule has 94 valence electrons. The van der Waals surface area contributed by atoms with Gasteiger partial charge in [-0.1, -0.05) is 6.07 Å². The SMILES string of the molecule is N#CC1CN(C(=O)c2cccc(F)c2N)CCO1. The van der Waals surface area contributed by atoms with Crippen molar-refractivity contribution in [3.05, 3.63) is 29.6 Å². The summed E-state index contributed by atoms with van der Waals surface area (Å²) in [4.78, 5) is 13.6. The molecule has 2 N–H and O–H groups in total. The number of halogens is 1. The van der Waals surface area contributed by atoms with Gasteiger partial charge in [-0.05, 0) is 12.1 Å². The number of nitrogens with zero attached hydrogens (tertiary/aromatic N) is 2. The second kappa shape index (κ2) is 5.02. The maximum absolute atomic E-state index is 13.3. The van der Waals surface area contributed by atoms with Crippen LogP contribution in [0.2, 0.25) is 0 Å². The Morgan fingerprint density at radius 2 is 2.39 bits per heavy atom. The van der Waals surface area contributed by atoms with Crippen LogP contribution in [0.3, 0.4) is 0 Å². The van der Waals surface area contributed by atoms with Crippen molar-refractivity contribution < 1.29 is 13.9 Å². The molecule has 6 heteroatoms. The monoisotopic (exact) mass is 249 g/mol. The molecule has 0 spiro atoms. The van der Waals surface area contributed by atoms with Crippen LogP contribution >= 0.6 is 0 Å². The quantitative estimate of drug-likeness (QED) is 0.746. The minimum Gasteiger partial charge on any atom is -0.396 e. The molecule has 1 atom stereocenters. The maximum atomic E-state index is 13.3. The van der Waals surface area contributed by atoms with E-state index in [0.717, 1.165) is 0 Å². The lowest BCUT2D eigenvalue weighted by Crippen LogP contribution is -2.45. The van der Waals surface area contributed by atoms with E-state index in [4.69, 9.17) is 15.7 Å². The van der Waals surface area contributed by atoms with Gasteiger partial charge in [-0.2, -0.15) is 5.26 Å². The third-order valence-electron chi connectivity index (χ3n) is 2.78. The van der Waals surface area contributed by atoms with Crippen LogP contribution in [0.5, 0.6) is 0 Å². The molecule has 5 nitrogen and oxygen atoms in total. The van der Waals surface area contributed by atoms with Gasteiger partial charge in [0.1, 0.15) is 5.82 Å². The van der Waals surface area contributed by atoms with Crippen LogP contribution in [-0.2, 0) is 4.74 Å². The van der Waals surface area contributed by atoms with E-state index >= 15 is 0 Å². The van der Waals surface area contributed by atoms with Crippen molar-refractivity contribution in [2.45, 2.75) is 6.10 Å². The summed E-state index contributed by atoms with van der Waals surface area (Å²) in [7, 11) is 0. The highest BCUT2D eigenvalue weighted by molar-refractivity contribution is 5.99. The number of carbonyl (C=O) groups excluding carboxylic acids is 1. The van der Waals surface area contributed by atoms with Gasteiger partial charge in [-0.3, -0.25) is 4.79 Å². The minimum absolute atomic E-state index is 0.119. The number of benzene rings is 1. The number of morpholine rings is 1. The summed E-state index contributed by atoms with van der Waals surface area (Å²) in [5.41, 5.74) is 5.49. The van der Waals surface area contributed by atoms with Crippen LogP contribution in [0.15, 0.2) is 18.2 Å². The Hall–Kier alpha value is -2.13. The Morgan fingerprint density at radius 3 is 3.11 bits per heavy atom. The number of nitrogen functional groups attached to an aromatic ring is 1. The van der Waals surface area contributed by atoms with Gasteiger partial charge in [0.15, 0.2) is 6.10 Å². The Kier molecular flexibility index (Phi) is 3.44. The largest absolute Gasteiger partial charge is 0.396 e. The van der Waals surface area contributed by atoms with Gasteiger partial charge >= 0.3 is 0 Å². The van der Waals surface area contributed by atoms with Crippen molar-refractivity contribution in [1.29, 1.82) is 5.26 Å². The predicted molar refractivity (Wildman–Crippen MR) is 62.1 cm³/mol. The van der Waals surface area contributed by atoms with Crippen LogP contribution in [0.4, 0.5) is 10.1 Å². The molecule has 1 aliphatic rings. The van der Waals surface area contributed by atoms with Crippen molar-refractivity contribution in [1.82, 2.24) is 4.90 Å².